The van der Waals surface area contributed by atoms with Gasteiger partial charge in [0.1, 0.15) is 0 Å². The topological polar surface area (TPSA) is 124 Å². The molecule has 1 fully saturated rings. The van der Waals surface area contributed by atoms with E-state index in [-0.39, 0.29) is 16.2 Å². The molecule has 0 unspecified atom stereocenters. The first-order valence-electron chi connectivity index (χ1n) is 12.2. The third-order valence-electron chi connectivity index (χ3n) is 7.44. The molecule has 2 aromatic heterocycles. The van der Waals surface area contributed by atoms with Crippen LogP contribution in [-0.4, -0.2) is 53.7 Å². The van der Waals surface area contributed by atoms with Gasteiger partial charge in [0.05, 0.1) is 18.9 Å². The van der Waals surface area contributed by atoms with E-state index < -0.39 is 15.4 Å². The number of nitrogens with one attached hydrogen (secondary N) is 2. The predicted octanol–water partition coefficient (Wildman–Crippen LogP) is 3.01. The number of rotatable bonds is 7. The van der Waals surface area contributed by atoms with Crippen LogP contribution in [-0.2, 0) is 50.6 Å². The Morgan fingerprint density at radius 1 is 1.09 bits per heavy atom. The van der Waals surface area contributed by atoms with Gasteiger partial charge in [0.2, 0.25) is 5.95 Å². The zero-order chi connectivity index (χ0) is 24.4. The molecule has 3 aromatic rings. The highest BCUT2D eigenvalue weighted by Gasteiger charge is 2.45. The molecule has 1 aromatic carbocycles. The first kappa shape index (κ1) is 22.7. The second kappa shape index (κ2) is 8.14. The molecule has 6 rings (SSSR count). The smallest absolute Gasteiger partial charge is 0.260 e. The lowest BCUT2D eigenvalue weighted by molar-refractivity contribution is -0.206. The van der Waals surface area contributed by atoms with Crippen LogP contribution in [0.25, 0.3) is 0 Å². The van der Waals surface area contributed by atoms with E-state index in [1.165, 1.54) is 22.3 Å². The van der Waals surface area contributed by atoms with Gasteiger partial charge in [0.25, 0.3) is 15.0 Å². The zero-order valence-electron chi connectivity index (χ0n) is 20.2. The van der Waals surface area contributed by atoms with E-state index in [1.807, 2.05) is 13.8 Å². The van der Waals surface area contributed by atoms with Crippen molar-refractivity contribution in [1.29, 1.82) is 0 Å². The molecule has 0 spiro atoms. The van der Waals surface area contributed by atoms with E-state index in [0.29, 0.717) is 24.9 Å². The molecule has 35 heavy (non-hydrogen) atoms. The Kier molecular flexibility index (Phi) is 5.28. The first-order valence-corrected chi connectivity index (χ1v) is 13.6. The van der Waals surface area contributed by atoms with E-state index in [2.05, 4.69) is 31.7 Å². The van der Waals surface area contributed by atoms with E-state index in [4.69, 9.17) is 9.47 Å². The SMILES string of the molecule is COC1(c2cc(S(=O)(=O)c3nnc(Nc4c5c(cc6c4CCC6)CCC5)[nH]3)nn2C(C)C)COC1. The van der Waals surface area contributed by atoms with Crippen molar-refractivity contribution in [2.24, 2.45) is 0 Å². The Labute approximate surface area is 204 Å². The maximum Gasteiger partial charge on any atom is 0.260 e. The second-order valence-corrected chi connectivity index (χ2v) is 11.8. The van der Waals surface area contributed by atoms with Crippen molar-refractivity contribution in [2.75, 3.05) is 25.6 Å². The molecule has 0 saturated carbocycles. The Morgan fingerprint density at radius 3 is 2.34 bits per heavy atom. The molecule has 2 N–H and O–H groups in total. The summed E-state index contributed by atoms with van der Waals surface area (Å²) in [5.74, 6) is 0.322. The average Bonchev–Trinajstić information content (AvgIpc) is 3.58. The molecule has 1 saturated heterocycles. The van der Waals surface area contributed by atoms with Crippen LogP contribution in [0.5, 0.6) is 0 Å². The quantitative estimate of drug-likeness (QED) is 0.509. The molecule has 0 atom stereocenters. The van der Waals surface area contributed by atoms with Gasteiger partial charge in [-0.2, -0.15) is 5.10 Å². The first-order chi connectivity index (χ1) is 16.8. The van der Waals surface area contributed by atoms with Crippen LogP contribution in [0.1, 0.15) is 60.7 Å². The lowest BCUT2D eigenvalue weighted by Gasteiger charge is -2.40. The molecule has 186 valence electrons. The lowest BCUT2D eigenvalue weighted by atomic mass is 9.97. The molecule has 1 aliphatic heterocycles. The molecule has 0 radical (unpaired) electrons. The number of ether oxygens (including phenoxy) is 2. The molecule has 2 aliphatic carbocycles. The number of anilines is 2. The molecule has 3 heterocycles. The summed E-state index contributed by atoms with van der Waals surface area (Å²) in [4.78, 5) is 2.89. The zero-order valence-corrected chi connectivity index (χ0v) is 21.0. The highest BCUT2D eigenvalue weighted by Crippen LogP contribution is 2.40. The monoisotopic (exact) mass is 498 g/mol. The summed E-state index contributed by atoms with van der Waals surface area (Å²) in [6.45, 7) is 4.60. The minimum Gasteiger partial charge on any atom is -0.374 e. The van der Waals surface area contributed by atoms with Gasteiger partial charge in [-0.25, -0.2) is 8.42 Å². The van der Waals surface area contributed by atoms with Crippen LogP contribution >= 0.6 is 0 Å². The van der Waals surface area contributed by atoms with Crippen LogP contribution in [0.2, 0.25) is 0 Å². The molecule has 11 heteroatoms. The number of aryl methyl sites for hydroxylation is 2. The Hall–Kier alpha value is -2.76. The average molecular weight is 499 g/mol. The van der Waals surface area contributed by atoms with Crippen LogP contribution in [0, 0.1) is 0 Å². The van der Waals surface area contributed by atoms with Gasteiger partial charge >= 0.3 is 0 Å². The van der Waals surface area contributed by atoms with Crippen molar-refractivity contribution in [2.45, 2.75) is 74.2 Å². The summed E-state index contributed by atoms with van der Waals surface area (Å²) < 4.78 is 39.7. The molecule has 10 nitrogen and oxygen atoms in total. The normalized spacial score (nSPS) is 18.5. The van der Waals surface area contributed by atoms with E-state index in [1.54, 1.807) is 17.9 Å². The summed E-state index contributed by atoms with van der Waals surface area (Å²) in [6, 6.07) is 3.86. The highest BCUT2D eigenvalue weighted by atomic mass is 32.2. The summed E-state index contributed by atoms with van der Waals surface area (Å²) >= 11 is 0. The van der Waals surface area contributed by atoms with E-state index in [0.717, 1.165) is 44.2 Å². The van der Waals surface area contributed by atoms with Crippen molar-refractivity contribution in [1.82, 2.24) is 25.0 Å². The van der Waals surface area contributed by atoms with E-state index >= 15 is 0 Å². The van der Waals surface area contributed by atoms with Crippen molar-refractivity contribution in [3.63, 3.8) is 0 Å². The Bertz CT molecular complexity index is 1370. The standard InChI is InChI=1S/C24H30N6O4S/c1-14(2)30-19(24(33-3)12-34-13-24)11-20(29-30)35(31,32)23-26-22(27-28-23)25-21-17-8-4-6-15(17)10-16-7-5-9-18(16)21/h10-11,14H,4-9,12-13H2,1-3H3,(H2,25,26,27,28). The maximum absolute atomic E-state index is 13.5. The van der Waals surface area contributed by atoms with Gasteiger partial charge in [-0.15, -0.1) is 10.2 Å². The number of fused-ring (bicyclic) bond motifs is 2. The largest absolute Gasteiger partial charge is 0.374 e. The van der Waals surface area contributed by atoms with Crippen molar-refractivity contribution in [3.05, 3.63) is 40.1 Å². The van der Waals surface area contributed by atoms with Gasteiger partial charge in [-0.05, 0) is 74.6 Å². The van der Waals surface area contributed by atoms with Crippen LogP contribution in [0.4, 0.5) is 11.6 Å². The van der Waals surface area contributed by atoms with Crippen molar-refractivity contribution < 1.29 is 17.9 Å². The molecule has 3 aliphatic rings. The molecular formula is C24H30N6O4S. The third-order valence-corrected chi connectivity index (χ3v) is 8.89. The third kappa shape index (κ3) is 3.51. The Balaban J connectivity index is 1.34. The summed E-state index contributed by atoms with van der Waals surface area (Å²) in [5.41, 5.74) is 6.46. The van der Waals surface area contributed by atoms with Crippen LogP contribution in [0.3, 0.4) is 0 Å². The number of methoxy groups -OCH3 is 1. The number of aromatic nitrogens is 5. The van der Waals surface area contributed by atoms with Crippen molar-refractivity contribution in [3.8, 4) is 0 Å². The lowest BCUT2D eigenvalue weighted by Crippen LogP contribution is -2.49. The highest BCUT2D eigenvalue weighted by molar-refractivity contribution is 7.91. The predicted molar refractivity (Wildman–Crippen MR) is 128 cm³/mol. The van der Waals surface area contributed by atoms with Gasteiger partial charge in [-0.3, -0.25) is 9.67 Å². The molecular weight excluding hydrogens is 468 g/mol. The summed E-state index contributed by atoms with van der Waals surface area (Å²) in [5, 5.41) is 15.6. The maximum atomic E-state index is 13.5. The second-order valence-electron chi connectivity index (χ2n) is 9.94. The van der Waals surface area contributed by atoms with E-state index in [9.17, 15) is 8.42 Å². The van der Waals surface area contributed by atoms with Gasteiger partial charge in [0.15, 0.2) is 10.6 Å². The number of H-pyrrole nitrogens is 1. The number of sulfone groups is 1. The number of nitrogens with zero attached hydrogens (tertiary/aromatic N) is 4. The number of hydrogen-bond donors (Lipinski definition) is 2. The van der Waals surface area contributed by atoms with Crippen molar-refractivity contribution >= 4 is 21.5 Å². The van der Waals surface area contributed by atoms with Crippen LogP contribution < -0.4 is 5.32 Å². The number of benzene rings is 1. The van der Waals surface area contributed by atoms with Gasteiger partial charge < -0.3 is 14.8 Å². The van der Waals surface area contributed by atoms with Crippen LogP contribution in [0.15, 0.2) is 22.3 Å². The molecule has 0 bridgehead atoms. The number of hydrogen-bond acceptors (Lipinski definition) is 8. The fourth-order valence-electron chi connectivity index (χ4n) is 5.50. The minimum atomic E-state index is -4.02. The fourth-order valence-corrected chi connectivity index (χ4v) is 6.54. The number of aromatic amines is 1. The van der Waals surface area contributed by atoms with Gasteiger partial charge in [0, 0.05) is 24.9 Å². The fraction of sp³-hybridized carbons (Fsp3) is 0.542. The Morgan fingerprint density at radius 2 is 1.77 bits per heavy atom. The van der Waals surface area contributed by atoms with Gasteiger partial charge in [-0.1, -0.05) is 6.07 Å². The summed E-state index contributed by atoms with van der Waals surface area (Å²) in [6.07, 6.45) is 6.48. The summed E-state index contributed by atoms with van der Waals surface area (Å²) in [7, 11) is -2.42. The minimum absolute atomic E-state index is 0.0594. The molecule has 0 amide bonds.